The summed E-state index contributed by atoms with van der Waals surface area (Å²) in [5, 5.41) is 18.8. The van der Waals surface area contributed by atoms with Crippen LogP contribution in [0.1, 0.15) is 36.0 Å². The van der Waals surface area contributed by atoms with Gasteiger partial charge < -0.3 is 9.67 Å². The summed E-state index contributed by atoms with van der Waals surface area (Å²) in [7, 11) is 1.90. The highest BCUT2D eigenvalue weighted by molar-refractivity contribution is 6.35. The number of piperidine rings is 1. The molecule has 0 aromatic carbocycles. The van der Waals surface area contributed by atoms with Gasteiger partial charge in [0.15, 0.2) is 5.82 Å². The number of nitrogens with zero attached hydrogens (tertiary/aromatic N) is 5. The van der Waals surface area contributed by atoms with Crippen molar-refractivity contribution in [2.45, 2.75) is 31.9 Å². The minimum atomic E-state index is -0.0951. The first-order valence-electron chi connectivity index (χ1n) is 7.59. The lowest BCUT2D eigenvalue weighted by atomic mass is 9.96. The molecule has 124 valence electrons. The van der Waals surface area contributed by atoms with E-state index in [2.05, 4.69) is 20.1 Å². The van der Waals surface area contributed by atoms with Crippen LogP contribution in [-0.2, 0) is 20.2 Å². The van der Waals surface area contributed by atoms with E-state index in [-0.39, 0.29) is 6.61 Å². The van der Waals surface area contributed by atoms with Crippen LogP contribution in [0.4, 0.5) is 0 Å². The third-order valence-electron chi connectivity index (χ3n) is 4.34. The number of likely N-dealkylation sites (tertiary alicyclic amines) is 1. The van der Waals surface area contributed by atoms with Crippen molar-refractivity contribution in [1.29, 1.82) is 0 Å². The van der Waals surface area contributed by atoms with E-state index in [4.69, 9.17) is 23.2 Å². The lowest BCUT2D eigenvalue weighted by molar-refractivity contribution is 0.194. The highest BCUT2D eigenvalue weighted by atomic mass is 35.5. The van der Waals surface area contributed by atoms with Crippen LogP contribution in [0, 0.1) is 0 Å². The Morgan fingerprint density at radius 1 is 1.26 bits per heavy atom. The Hall–Kier alpha value is -1.21. The van der Waals surface area contributed by atoms with E-state index in [0.29, 0.717) is 28.3 Å². The van der Waals surface area contributed by atoms with Crippen LogP contribution in [0.5, 0.6) is 0 Å². The fourth-order valence-corrected chi connectivity index (χ4v) is 3.58. The number of aromatic nitrogens is 4. The summed E-state index contributed by atoms with van der Waals surface area (Å²) in [6.45, 7) is 2.46. The molecule has 1 aliphatic rings. The zero-order valence-electron chi connectivity index (χ0n) is 12.9. The standard InChI is InChI=1S/C15H19Cl2N5O/c1-21-14(9-23)19-20-15(21)10-3-2-4-22(7-10)8-11-12(16)5-18-6-13(11)17/h5-6,10,23H,2-4,7-9H2,1H3/t10-/m0/s1. The predicted octanol–water partition coefficient (Wildman–Crippen LogP) is 2.39. The molecule has 6 nitrogen and oxygen atoms in total. The molecule has 0 saturated carbocycles. The fourth-order valence-electron chi connectivity index (χ4n) is 3.09. The van der Waals surface area contributed by atoms with Crippen LogP contribution in [0.2, 0.25) is 10.0 Å². The van der Waals surface area contributed by atoms with Crippen molar-refractivity contribution in [3.8, 4) is 0 Å². The molecular weight excluding hydrogens is 337 g/mol. The van der Waals surface area contributed by atoms with Crippen LogP contribution in [0.15, 0.2) is 12.4 Å². The molecule has 1 aliphatic heterocycles. The number of aliphatic hydroxyl groups excluding tert-OH is 1. The maximum Gasteiger partial charge on any atom is 0.158 e. The molecule has 0 radical (unpaired) electrons. The summed E-state index contributed by atoms with van der Waals surface area (Å²) in [5.41, 5.74) is 0.915. The lowest BCUT2D eigenvalue weighted by Crippen LogP contribution is -2.35. The molecule has 1 N–H and O–H groups in total. The molecule has 3 rings (SSSR count). The van der Waals surface area contributed by atoms with Crippen molar-refractivity contribution in [2.24, 2.45) is 7.05 Å². The Bertz CT molecular complexity index is 670. The Morgan fingerprint density at radius 2 is 2.00 bits per heavy atom. The van der Waals surface area contributed by atoms with Gasteiger partial charge in [-0.25, -0.2) is 0 Å². The third kappa shape index (κ3) is 3.50. The van der Waals surface area contributed by atoms with Gasteiger partial charge in [-0.2, -0.15) is 0 Å². The molecule has 0 unspecified atom stereocenters. The van der Waals surface area contributed by atoms with Crippen molar-refractivity contribution in [2.75, 3.05) is 13.1 Å². The first-order valence-corrected chi connectivity index (χ1v) is 8.35. The van der Waals surface area contributed by atoms with Gasteiger partial charge in [0.1, 0.15) is 12.4 Å². The minimum absolute atomic E-state index is 0.0951. The van der Waals surface area contributed by atoms with Gasteiger partial charge in [-0.1, -0.05) is 23.2 Å². The molecule has 1 saturated heterocycles. The summed E-state index contributed by atoms with van der Waals surface area (Å²) in [4.78, 5) is 6.32. The van der Waals surface area contributed by atoms with E-state index in [0.717, 1.165) is 37.3 Å². The fraction of sp³-hybridized carbons (Fsp3) is 0.533. The van der Waals surface area contributed by atoms with Crippen molar-refractivity contribution in [1.82, 2.24) is 24.6 Å². The van der Waals surface area contributed by atoms with Crippen molar-refractivity contribution in [3.05, 3.63) is 39.7 Å². The van der Waals surface area contributed by atoms with Crippen molar-refractivity contribution < 1.29 is 5.11 Å². The van der Waals surface area contributed by atoms with E-state index in [1.54, 1.807) is 12.4 Å². The second kappa shape index (κ2) is 7.13. The maximum atomic E-state index is 9.27. The number of aliphatic hydroxyl groups is 1. The number of halogens is 2. The number of pyridine rings is 1. The second-order valence-electron chi connectivity index (χ2n) is 5.85. The summed E-state index contributed by atoms with van der Waals surface area (Å²) in [6.07, 6.45) is 5.39. The average Bonchev–Trinajstić information content (AvgIpc) is 2.92. The third-order valence-corrected chi connectivity index (χ3v) is 5.00. The molecule has 0 aliphatic carbocycles. The maximum absolute atomic E-state index is 9.27. The predicted molar refractivity (Wildman–Crippen MR) is 88.4 cm³/mol. The van der Waals surface area contributed by atoms with E-state index in [1.165, 1.54) is 0 Å². The van der Waals surface area contributed by atoms with Crippen LogP contribution in [0.3, 0.4) is 0 Å². The molecule has 1 fully saturated rings. The summed E-state index contributed by atoms with van der Waals surface area (Å²) >= 11 is 12.4. The zero-order chi connectivity index (χ0) is 16.4. The highest BCUT2D eigenvalue weighted by Crippen LogP contribution is 2.30. The van der Waals surface area contributed by atoms with Crippen molar-refractivity contribution in [3.63, 3.8) is 0 Å². The Labute approximate surface area is 145 Å². The van der Waals surface area contributed by atoms with E-state index >= 15 is 0 Å². The van der Waals surface area contributed by atoms with Gasteiger partial charge in [0, 0.05) is 44.0 Å². The number of hydrogen-bond donors (Lipinski definition) is 1. The Morgan fingerprint density at radius 3 is 2.65 bits per heavy atom. The molecule has 23 heavy (non-hydrogen) atoms. The second-order valence-corrected chi connectivity index (χ2v) is 6.66. The molecule has 3 heterocycles. The molecule has 2 aromatic rings. The van der Waals surface area contributed by atoms with E-state index in [1.807, 2.05) is 11.6 Å². The summed E-state index contributed by atoms with van der Waals surface area (Å²) in [5.74, 6) is 1.81. The number of rotatable bonds is 4. The molecule has 0 bridgehead atoms. The number of hydrogen-bond acceptors (Lipinski definition) is 5. The molecule has 0 amide bonds. The lowest BCUT2D eigenvalue weighted by Gasteiger charge is -2.32. The van der Waals surface area contributed by atoms with Gasteiger partial charge >= 0.3 is 0 Å². The highest BCUT2D eigenvalue weighted by Gasteiger charge is 2.26. The normalized spacial score (nSPS) is 19.2. The zero-order valence-corrected chi connectivity index (χ0v) is 14.4. The first-order chi connectivity index (χ1) is 11.1. The van der Waals surface area contributed by atoms with Crippen LogP contribution >= 0.6 is 23.2 Å². The van der Waals surface area contributed by atoms with Gasteiger partial charge in [0.2, 0.25) is 0 Å². The molecule has 8 heteroatoms. The van der Waals surface area contributed by atoms with Gasteiger partial charge in [-0.3, -0.25) is 9.88 Å². The Kier molecular flexibility index (Phi) is 5.16. The monoisotopic (exact) mass is 355 g/mol. The van der Waals surface area contributed by atoms with Gasteiger partial charge in [0.25, 0.3) is 0 Å². The van der Waals surface area contributed by atoms with Gasteiger partial charge in [-0.05, 0) is 19.4 Å². The van der Waals surface area contributed by atoms with E-state index in [9.17, 15) is 5.11 Å². The quantitative estimate of drug-likeness (QED) is 0.911. The van der Waals surface area contributed by atoms with E-state index < -0.39 is 0 Å². The van der Waals surface area contributed by atoms with Crippen LogP contribution < -0.4 is 0 Å². The van der Waals surface area contributed by atoms with Crippen LogP contribution in [-0.4, -0.2) is 42.8 Å². The molecule has 0 spiro atoms. The SMILES string of the molecule is Cn1c(CO)nnc1[C@H]1CCCN(Cc2c(Cl)cncc2Cl)C1. The molecule has 1 atom stereocenters. The minimum Gasteiger partial charge on any atom is -0.388 e. The average molecular weight is 356 g/mol. The Balaban J connectivity index is 1.74. The van der Waals surface area contributed by atoms with Crippen molar-refractivity contribution >= 4 is 23.2 Å². The first kappa shape index (κ1) is 16.6. The van der Waals surface area contributed by atoms with Gasteiger partial charge in [0.05, 0.1) is 10.0 Å². The topological polar surface area (TPSA) is 67.1 Å². The molecular formula is C15H19Cl2N5O. The van der Waals surface area contributed by atoms with Crippen LogP contribution in [0.25, 0.3) is 0 Å². The molecule has 2 aromatic heterocycles. The summed E-state index contributed by atoms with van der Waals surface area (Å²) in [6, 6.07) is 0. The summed E-state index contributed by atoms with van der Waals surface area (Å²) < 4.78 is 1.89. The van der Waals surface area contributed by atoms with Gasteiger partial charge in [-0.15, -0.1) is 10.2 Å². The smallest absolute Gasteiger partial charge is 0.158 e. The largest absolute Gasteiger partial charge is 0.388 e.